The maximum Gasteiger partial charge on any atom is 0.414 e. The molecule has 2 aromatic carbocycles. The maximum atomic E-state index is 14.9. The molecule has 0 spiro atoms. The lowest BCUT2D eigenvalue weighted by molar-refractivity contribution is 0.129. The van der Waals surface area contributed by atoms with Gasteiger partial charge in [-0.2, -0.15) is 5.26 Å². The van der Waals surface area contributed by atoms with Crippen molar-refractivity contribution in [1.29, 1.82) is 5.26 Å². The quantitative estimate of drug-likeness (QED) is 0.563. The van der Waals surface area contributed by atoms with Crippen LogP contribution in [0.3, 0.4) is 0 Å². The Morgan fingerprint density at radius 1 is 1.26 bits per heavy atom. The molecule has 0 radical (unpaired) electrons. The van der Waals surface area contributed by atoms with Gasteiger partial charge >= 0.3 is 6.09 Å². The van der Waals surface area contributed by atoms with Crippen LogP contribution in [-0.4, -0.2) is 40.3 Å². The molecule has 3 aromatic rings. The van der Waals surface area contributed by atoms with Crippen LogP contribution in [0.15, 0.2) is 54.9 Å². The van der Waals surface area contributed by atoms with Crippen LogP contribution in [0.25, 0.3) is 11.1 Å². The number of nitriles is 1. The highest BCUT2D eigenvalue weighted by Crippen LogP contribution is 2.29. The van der Waals surface area contributed by atoms with E-state index in [-0.39, 0.29) is 6.10 Å². The van der Waals surface area contributed by atoms with Crippen LogP contribution in [0, 0.1) is 17.1 Å². The van der Waals surface area contributed by atoms with Gasteiger partial charge in [0.1, 0.15) is 11.9 Å². The van der Waals surface area contributed by atoms with E-state index in [1.165, 1.54) is 11.0 Å². The number of carbonyl (C=O) groups excluding carboxylic acids is 1. The number of halogens is 1. The molecule has 0 bridgehead atoms. The normalized spacial score (nSPS) is 15.7. The van der Waals surface area contributed by atoms with Gasteiger partial charge in [-0.3, -0.25) is 4.90 Å². The van der Waals surface area contributed by atoms with Crippen LogP contribution in [0.5, 0.6) is 0 Å². The van der Waals surface area contributed by atoms with Crippen molar-refractivity contribution in [2.75, 3.05) is 18.0 Å². The molecule has 1 aromatic heterocycles. The minimum absolute atomic E-state index is 0.310. The highest BCUT2D eigenvalue weighted by Gasteiger charge is 2.33. The summed E-state index contributed by atoms with van der Waals surface area (Å²) < 4.78 is 21.8. The lowest BCUT2D eigenvalue weighted by atomic mass is 10.0. The van der Waals surface area contributed by atoms with Crippen LogP contribution < -0.4 is 10.2 Å². The van der Waals surface area contributed by atoms with Crippen LogP contribution in [-0.2, 0) is 17.8 Å². The summed E-state index contributed by atoms with van der Waals surface area (Å²) in [4.78, 5) is 13.7. The molecule has 9 heteroatoms. The van der Waals surface area contributed by atoms with Gasteiger partial charge < -0.3 is 10.1 Å². The van der Waals surface area contributed by atoms with Crippen molar-refractivity contribution in [3.8, 4) is 17.2 Å². The summed E-state index contributed by atoms with van der Waals surface area (Å²) in [5.74, 6) is -0.412. The van der Waals surface area contributed by atoms with E-state index in [0.717, 1.165) is 11.1 Å². The number of anilines is 1. The summed E-state index contributed by atoms with van der Waals surface area (Å²) in [5.41, 5.74) is 2.71. The summed E-state index contributed by atoms with van der Waals surface area (Å²) in [6.45, 7) is 1.98. The van der Waals surface area contributed by atoms with Gasteiger partial charge in [-0.15, -0.1) is 5.10 Å². The van der Waals surface area contributed by atoms with Crippen molar-refractivity contribution < 1.29 is 13.9 Å². The second-order valence-corrected chi connectivity index (χ2v) is 7.19. The Morgan fingerprint density at radius 2 is 2.10 bits per heavy atom. The first-order valence-electron chi connectivity index (χ1n) is 9.93. The predicted octanol–water partition coefficient (Wildman–Crippen LogP) is 3.11. The van der Waals surface area contributed by atoms with E-state index in [4.69, 9.17) is 10.00 Å². The third-order valence-corrected chi connectivity index (χ3v) is 5.01. The van der Waals surface area contributed by atoms with E-state index in [1.54, 1.807) is 29.2 Å². The van der Waals surface area contributed by atoms with Gasteiger partial charge in [0.25, 0.3) is 0 Å². The largest absolute Gasteiger partial charge is 0.442 e. The van der Waals surface area contributed by atoms with Crippen molar-refractivity contribution >= 4 is 11.8 Å². The molecule has 1 saturated heterocycles. The van der Waals surface area contributed by atoms with Crippen molar-refractivity contribution in [3.63, 3.8) is 0 Å². The number of cyclic esters (lactones) is 1. The van der Waals surface area contributed by atoms with Crippen LogP contribution >= 0.6 is 0 Å². The average Bonchev–Trinajstić information content (AvgIpc) is 3.41. The lowest BCUT2D eigenvalue weighted by Crippen LogP contribution is -2.26. The van der Waals surface area contributed by atoms with E-state index in [1.807, 2.05) is 24.3 Å². The zero-order valence-corrected chi connectivity index (χ0v) is 16.7. The molecular weight excluding hydrogens is 399 g/mol. The molecule has 1 N–H and O–H groups in total. The lowest BCUT2D eigenvalue weighted by Gasteiger charge is -2.14. The molecule has 0 unspecified atom stereocenters. The number of amides is 1. The standard InChI is InChI=1S/C22H21FN6O2/c23-21-12-18(29-15-19(31-22(29)30)14-28-11-10-26-27-28)6-7-20(21)17-4-2-16(3-5-17)13-25-9-1-8-24/h2-7,10-12,19,25H,1,9,13-15H2/t19-/m0/s1. The number of rotatable bonds is 8. The molecule has 158 valence electrons. The zero-order valence-electron chi connectivity index (χ0n) is 16.7. The fraction of sp³-hybridized carbons (Fsp3) is 0.273. The maximum absolute atomic E-state index is 14.9. The molecule has 8 nitrogen and oxygen atoms in total. The van der Waals surface area contributed by atoms with Gasteiger partial charge in [0.15, 0.2) is 0 Å². The van der Waals surface area contributed by atoms with Gasteiger partial charge in [0.05, 0.1) is 31.0 Å². The summed E-state index contributed by atoms with van der Waals surface area (Å²) in [5, 5.41) is 19.3. The fourth-order valence-corrected chi connectivity index (χ4v) is 3.45. The Balaban J connectivity index is 1.42. The summed E-state index contributed by atoms with van der Waals surface area (Å²) in [7, 11) is 0. The second-order valence-electron chi connectivity index (χ2n) is 7.19. The van der Waals surface area contributed by atoms with Crippen molar-refractivity contribution in [2.45, 2.75) is 25.6 Å². The SMILES string of the molecule is N#CCCNCc1ccc(-c2ccc(N3C[C@H](Cn4ccnn4)OC3=O)cc2F)cc1. The smallest absolute Gasteiger partial charge is 0.414 e. The van der Waals surface area contributed by atoms with Crippen molar-refractivity contribution in [2.24, 2.45) is 0 Å². The van der Waals surface area contributed by atoms with Crippen molar-refractivity contribution in [3.05, 3.63) is 66.2 Å². The monoisotopic (exact) mass is 420 g/mol. The van der Waals surface area contributed by atoms with Gasteiger partial charge in [-0.05, 0) is 29.3 Å². The number of ether oxygens (including phenoxy) is 1. The average molecular weight is 420 g/mol. The number of nitrogens with zero attached hydrogens (tertiary/aromatic N) is 5. The van der Waals surface area contributed by atoms with Gasteiger partial charge in [0.2, 0.25) is 0 Å². The first-order valence-corrected chi connectivity index (χ1v) is 9.93. The van der Waals surface area contributed by atoms with E-state index in [9.17, 15) is 9.18 Å². The molecular formula is C22H21FN6O2. The number of hydrogen-bond acceptors (Lipinski definition) is 6. The third kappa shape index (κ3) is 4.87. The Morgan fingerprint density at radius 3 is 2.81 bits per heavy atom. The molecule has 1 atom stereocenters. The number of carbonyl (C=O) groups is 1. The van der Waals surface area contributed by atoms with Crippen LogP contribution in [0.4, 0.5) is 14.9 Å². The fourth-order valence-electron chi connectivity index (χ4n) is 3.45. The van der Waals surface area contributed by atoms with Gasteiger partial charge in [-0.1, -0.05) is 29.5 Å². The molecule has 0 saturated carbocycles. The molecule has 1 aliphatic heterocycles. The minimum atomic E-state index is -0.509. The number of benzene rings is 2. The Bertz CT molecular complexity index is 1080. The third-order valence-electron chi connectivity index (χ3n) is 5.01. The number of aromatic nitrogens is 3. The first-order chi connectivity index (χ1) is 15.1. The summed E-state index contributed by atoms with van der Waals surface area (Å²) in [6.07, 6.45) is 2.82. The molecule has 1 amide bonds. The Hall–Kier alpha value is -3.77. The number of hydrogen-bond donors (Lipinski definition) is 1. The molecule has 1 fully saturated rings. The molecule has 2 heterocycles. The molecule has 1 aliphatic rings. The molecule has 0 aliphatic carbocycles. The highest BCUT2D eigenvalue weighted by molar-refractivity contribution is 5.90. The van der Waals surface area contributed by atoms with Crippen LogP contribution in [0.2, 0.25) is 0 Å². The number of nitrogens with one attached hydrogen (secondary N) is 1. The van der Waals surface area contributed by atoms with Crippen molar-refractivity contribution in [1.82, 2.24) is 20.3 Å². The van der Waals surface area contributed by atoms with E-state index < -0.39 is 11.9 Å². The van der Waals surface area contributed by atoms with E-state index in [2.05, 4.69) is 21.7 Å². The predicted molar refractivity (Wildman–Crippen MR) is 111 cm³/mol. The zero-order chi connectivity index (χ0) is 21.6. The Labute approximate surface area is 178 Å². The van der Waals surface area contributed by atoms with Gasteiger partial charge in [-0.25, -0.2) is 13.9 Å². The second kappa shape index (κ2) is 9.36. The topological polar surface area (TPSA) is 96.1 Å². The highest BCUT2D eigenvalue weighted by atomic mass is 19.1. The van der Waals surface area contributed by atoms with Gasteiger partial charge in [0, 0.05) is 31.3 Å². The minimum Gasteiger partial charge on any atom is -0.442 e. The summed E-state index contributed by atoms with van der Waals surface area (Å²) in [6, 6.07) is 14.4. The summed E-state index contributed by atoms with van der Waals surface area (Å²) >= 11 is 0. The molecule has 31 heavy (non-hydrogen) atoms. The molecule has 4 rings (SSSR count). The first kappa shape index (κ1) is 20.5. The van der Waals surface area contributed by atoms with Crippen LogP contribution in [0.1, 0.15) is 12.0 Å². The van der Waals surface area contributed by atoms with E-state index in [0.29, 0.717) is 43.9 Å². The van der Waals surface area contributed by atoms with E-state index >= 15 is 0 Å². The Kier molecular flexibility index (Phi) is 6.19.